The molecule has 5 nitrogen and oxygen atoms in total. The Kier molecular flexibility index (Phi) is 6.03. The quantitative estimate of drug-likeness (QED) is 0.750. The summed E-state index contributed by atoms with van der Waals surface area (Å²) in [6.07, 6.45) is 2.20. The predicted octanol–water partition coefficient (Wildman–Crippen LogP) is 3.82. The van der Waals surface area contributed by atoms with E-state index in [1.807, 2.05) is 12.1 Å². The highest BCUT2D eigenvalue weighted by atomic mass is 35.5. The molecule has 0 aliphatic carbocycles. The summed E-state index contributed by atoms with van der Waals surface area (Å²) in [6.45, 7) is 5.89. The Hall–Kier alpha value is -2.24. The minimum atomic E-state index is 0.0513. The van der Waals surface area contributed by atoms with Crippen molar-refractivity contribution in [2.24, 2.45) is 0 Å². The molecule has 0 aromatic heterocycles. The van der Waals surface area contributed by atoms with Crippen molar-refractivity contribution < 1.29 is 9.53 Å². The molecular weight excluding hydrogens is 374 g/mol. The number of fused-ring (bicyclic) bond motifs is 1. The molecule has 0 radical (unpaired) electrons. The van der Waals surface area contributed by atoms with Crippen LogP contribution in [-0.4, -0.2) is 50.1 Å². The summed E-state index contributed by atoms with van der Waals surface area (Å²) in [4.78, 5) is 16.5. The van der Waals surface area contributed by atoms with Gasteiger partial charge >= 0.3 is 0 Å². The van der Waals surface area contributed by atoms with Crippen LogP contribution >= 0.6 is 11.6 Å². The first-order chi connectivity index (χ1) is 13.7. The Bertz CT molecular complexity index is 820. The fraction of sp³-hybridized carbons (Fsp3) is 0.409. The maximum Gasteiger partial charge on any atom is 0.224 e. The number of anilines is 2. The van der Waals surface area contributed by atoms with Crippen LogP contribution in [0.5, 0.6) is 5.75 Å². The van der Waals surface area contributed by atoms with Crippen molar-refractivity contribution in [3.8, 4) is 5.75 Å². The average molecular weight is 400 g/mol. The van der Waals surface area contributed by atoms with E-state index < -0.39 is 0 Å². The van der Waals surface area contributed by atoms with Gasteiger partial charge in [0.25, 0.3) is 0 Å². The van der Waals surface area contributed by atoms with Gasteiger partial charge < -0.3 is 15.0 Å². The number of nitrogens with one attached hydrogen (secondary N) is 1. The fourth-order valence-electron chi connectivity index (χ4n) is 3.83. The van der Waals surface area contributed by atoms with Crippen molar-refractivity contribution in [2.75, 3.05) is 49.5 Å². The van der Waals surface area contributed by atoms with Crippen molar-refractivity contribution >= 4 is 28.9 Å². The molecule has 0 unspecified atom stereocenters. The molecule has 2 aromatic rings. The van der Waals surface area contributed by atoms with Crippen LogP contribution in [0.4, 0.5) is 11.4 Å². The van der Waals surface area contributed by atoms with E-state index in [2.05, 4.69) is 45.4 Å². The molecule has 2 heterocycles. The van der Waals surface area contributed by atoms with Gasteiger partial charge in [0.05, 0.1) is 11.6 Å². The number of para-hydroxylation sites is 1. The van der Waals surface area contributed by atoms with Crippen molar-refractivity contribution in [3.05, 3.63) is 53.1 Å². The summed E-state index contributed by atoms with van der Waals surface area (Å²) >= 11 is 6.35. The van der Waals surface area contributed by atoms with Gasteiger partial charge in [-0.2, -0.15) is 0 Å². The fourth-order valence-corrected chi connectivity index (χ4v) is 4.07. The number of halogens is 1. The van der Waals surface area contributed by atoms with Crippen LogP contribution in [0.2, 0.25) is 5.02 Å². The molecule has 1 saturated heterocycles. The summed E-state index contributed by atoms with van der Waals surface area (Å²) in [5, 5.41) is 3.51. The predicted molar refractivity (Wildman–Crippen MR) is 114 cm³/mol. The van der Waals surface area contributed by atoms with E-state index in [1.165, 1.54) is 5.69 Å². The van der Waals surface area contributed by atoms with Gasteiger partial charge in [0.15, 0.2) is 0 Å². The number of nitrogens with zero attached hydrogens (tertiary/aromatic N) is 2. The lowest BCUT2D eigenvalue weighted by Crippen LogP contribution is -2.46. The number of hydrogen-bond acceptors (Lipinski definition) is 4. The van der Waals surface area contributed by atoms with Crippen LogP contribution in [0.25, 0.3) is 0 Å². The zero-order chi connectivity index (χ0) is 19.3. The van der Waals surface area contributed by atoms with Gasteiger partial charge in [-0.15, -0.1) is 0 Å². The largest absolute Gasteiger partial charge is 0.492 e. The number of hydrogen-bond donors (Lipinski definition) is 1. The molecule has 6 heteroatoms. The molecule has 1 fully saturated rings. The Morgan fingerprint density at radius 1 is 1.04 bits per heavy atom. The molecule has 0 bridgehead atoms. The summed E-state index contributed by atoms with van der Waals surface area (Å²) in [6, 6.07) is 14.4. The molecule has 2 aliphatic rings. The molecule has 28 heavy (non-hydrogen) atoms. The molecule has 2 aromatic carbocycles. The van der Waals surface area contributed by atoms with E-state index in [0.717, 1.165) is 56.8 Å². The van der Waals surface area contributed by atoms with Gasteiger partial charge in [-0.3, -0.25) is 9.69 Å². The highest BCUT2D eigenvalue weighted by Gasteiger charge is 2.18. The second kappa shape index (κ2) is 8.84. The van der Waals surface area contributed by atoms with Crippen molar-refractivity contribution in [1.29, 1.82) is 0 Å². The molecule has 2 aliphatic heterocycles. The monoisotopic (exact) mass is 399 g/mol. The number of carbonyl (C=O) groups excluding carboxylic acids is 1. The first-order valence-corrected chi connectivity index (χ1v) is 10.3. The first kappa shape index (κ1) is 19.1. The van der Waals surface area contributed by atoms with Crippen molar-refractivity contribution in [2.45, 2.75) is 19.3 Å². The summed E-state index contributed by atoms with van der Waals surface area (Å²) < 4.78 is 5.90. The minimum absolute atomic E-state index is 0.0513. The lowest BCUT2D eigenvalue weighted by molar-refractivity contribution is -0.116. The molecule has 0 atom stereocenters. The number of benzene rings is 2. The maximum absolute atomic E-state index is 11.6. The van der Waals surface area contributed by atoms with E-state index in [9.17, 15) is 4.79 Å². The number of aryl methyl sites for hydroxylation is 1. The number of amides is 1. The number of carbonyl (C=O) groups is 1. The number of rotatable bonds is 6. The maximum atomic E-state index is 11.6. The standard InChI is InChI=1S/C22H26ClN3O2/c23-19-15-17-7-8-22(27)24-20(17)16-21(19)28-14-4-9-25-10-12-26(13-11-25)18-5-2-1-3-6-18/h1-3,5-6,15-16H,4,7-14H2,(H,24,27). The first-order valence-electron chi connectivity index (χ1n) is 9.96. The normalized spacial score (nSPS) is 17.2. The summed E-state index contributed by atoms with van der Waals surface area (Å²) in [5.41, 5.74) is 3.21. The van der Waals surface area contributed by atoms with E-state index in [-0.39, 0.29) is 5.91 Å². The van der Waals surface area contributed by atoms with Gasteiger partial charge in [-0.1, -0.05) is 29.8 Å². The van der Waals surface area contributed by atoms with E-state index >= 15 is 0 Å². The second-order valence-electron chi connectivity index (χ2n) is 7.35. The van der Waals surface area contributed by atoms with Crippen LogP contribution in [0, 0.1) is 0 Å². The van der Waals surface area contributed by atoms with Gasteiger partial charge in [0.1, 0.15) is 5.75 Å². The average Bonchev–Trinajstić information content (AvgIpc) is 2.73. The Morgan fingerprint density at radius 2 is 1.82 bits per heavy atom. The van der Waals surface area contributed by atoms with E-state index in [4.69, 9.17) is 16.3 Å². The minimum Gasteiger partial charge on any atom is -0.492 e. The lowest BCUT2D eigenvalue weighted by Gasteiger charge is -2.36. The number of piperazine rings is 1. The van der Waals surface area contributed by atoms with Crippen LogP contribution in [-0.2, 0) is 11.2 Å². The molecule has 1 N–H and O–H groups in total. The Morgan fingerprint density at radius 3 is 2.61 bits per heavy atom. The highest BCUT2D eigenvalue weighted by molar-refractivity contribution is 6.32. The van der Waals surface area contributed by atoms with Crippen LogP contribution in [0.1, 0.15) is 18.4 Å². The van der Waals surface area contributed by atoms with Gasteiger partial charge in [-0.25, -0.2) is 0 Å². The third kappa shape index (κ3) is 4.59. The summed E-state index contributed by atoms with van der Waals surface area (Å²) in [5.74, 6) is 0.701. The highest BCUT2D eigenvalue weighted by Crippen LogP contribution is 2.34. The van der Waals surface area contributed by atoms with E-state index in [0.29, 0.717) is 23.8 Å². The molecule has 4 rings (SSSR count). The molecule has 148 valence electrons. The van der Waals surface area contributed by atoms with Crippen LogP contribution < -0.4 is 15.0 Å². The Labute approximate surface area is 171 Å². The van der Waals surface area contributed by atoms with Crippen LogP contribution in [0.3, 0.4) is 0 Å². The van der Waals surface area contributed by atoms with Gasteiger partial charge in [-0.05, 0) is 36.6 Å². The van der Waals surface area contributed by atoms with Crippen LogP contribution in [0.15, 0.2) is 42.5 Å². The smallest absolute Gasteiger partial charge is 0.224 e. The lowest BCUT2D eigenvalue weighted by atomic mass is 10.0. The zero-order valence-corrected chi connectivity index (χ0v) is 16.8. The SMILES string of the molecule is O=C1CCc2cc(Cl)c(OCCCN3CCN(c4ccccc4)CC3)cc2N1. The molecule has 1 amide bonds. The third-order valence-corrected chi connectivity index (χ3v) is 5.72. The van der Waals surface area contributed by atoms with Crippen molar-refractivity contribution in [1.82, 2.24) is 4.90 Å². The molecular formula is C22H26ClN3O2. The van der Waals surface area contributed by atoms with Gasteiger partial charge in [0, 0.05) is 56.6 Å². The second-order valence-corrected chi connectivity index (χ2v) is 7.76. The molecule has 0 saturated carbocycles. The summed E-state index contributed by atoms with van der Waals surface area (Å²) in [7, 11) is 0. The number of ether oxygens (including phenoxy) is 1. The topological polar surface area (TPSA) is 44.8 Å². The van der Waals surface area contributed by atoms with Crippen molar-refractivity contribution in [3.63, 3.8) is 0 Å². The van der Waals surface area contributed by atoms with E-state index in [1.54, 1.807) is 0 Å². The Balaban J connectivity index is 1.21. The van der Waals surface area contributed by atoms with Gasteiger partial charge in [0.2, 0.25) is 5.91 Å². The third-order valence-electron chi connectivity index (χ3n) is 5.42. The molecule has 0 spiro atoms. The zero-order valence-electron chi connectivity index (χ0n) is 16.0.